The van der Waals surface area contributed by atoms with Gasteiger partial charge in [0, 0.05) is 40.1 Å². The summed E-state index contributed by atoms with van der Waals surface area (Å²) < 4.78 is 15.5. The van der Waals surface area contributed by atoms with Crippen LogP contribution in [-0.4, -0.2) is 53.2 Å². The molecule has 0 radical (unpaired) electrons. The highest BCUT2D eigenvalue weighted by atomic mass is 16.5. The van der Waals surface area contributed by atoms with E-state index in [1.807, 2.05) is 6.92 Å². The molecule has 0 aliphatic carbocycles. The highest BCUT2D eigenvalue weighted by Gasteiger charge is 1.90. The zero-order valence-electron chi connectivity index (χ0n) is 10.1. The van der Waals surface area contributed by atoms with E-state index in [4.69, 9.17) is 14.2 Å². The average molecular weight is 219 g/mol. The van der Waals surface area contributed by atoms with E-state index in [0.717, 1.165) is 59.0 Å². The highest BCUT2D eigenvalue weighted by molar-refractivity contribution is 4.46. The smallest absolute Gasteiger partial charge is 0.0590 e. The summed E-state index contributed by atoms with van der Waals surface area (Å²) in [5.74, 6) is 0. The van der Waals surface area contributed by atoms with Gasteiger partial charge in [0.2, 0.25) is 0 Å². The first kappa shape index (κ1) is 14.8. The van der Waals surface area contributed by atoms with Crippen molar-refractivity contribution in [3.05, 3.63) is 0 Å². The maximum Gasteiger partial charge on any atom is 0.0590 e. The molecular formula is C11H25NO3. The summed E-state index contributed by atoms with van der Waals surface area (Å²) in [4.78, 5) is 0. The number of nitrogens with one attached hydrogen (secondary N) is 1. The maximum atomic E-state index is 5.39. The predicted octanol–water partition coefficient (Wildman–Crippen LogP) is 1.06. The second-order valence-corrected chi connectivity index (χ2v) is 3.26. The molecule has 0 aromatic rings. The molecule has 0 spiro atoms. The Morgan fingerprint density at radius 3 is 2.40 bits per heavy atom. The molecule has 15 heavy (non-hydrogen) atoms. The van der Waals surface area contributed by atoms with Crippen molar-refractivity contribution in [1.82, 2.24) is 5.32 Å². The van der Waals surface area contributed by atoms with E-state index in [1.165, 1.54) is 0 Å². The fourth-order valence-corrected chi connectivity index (χ4v) is 1.12. The Bertz CT molecular complexity index is 100. The van der Waals surface area contributed by atoms with Crippen LogP contribution in [0.3, 0.4) is 0 Å². The Morgan fingerprint density at radius 2 is 1.67 bits per heavy atom. The third-order valence-electron chi connectivity index (χ3n) is 1.91. The van der Waals surface area contributed by atoms with Crippen LogP contribution >= 0.6 is 0 Å². The normalized spacial score (nSPS) is 10.8. The first-order valence-corrected chi connectivity index (χ1v) is 5.77. The summed E-state index contributed by atoms with van der Waals surface area (Å²) >= 11 is 0. The van der Waals surface area contributed by atoms with Crippen LogP contribution in [0.2, 0.25) is 0 Å². The Kier molecular flexibility index (Phi) is 13.7. The van der Waals surface area contributed by atoms with Crippen molar-refractivity contribution in [2.24, 2.45) is 0 Å². The van der Waals surface area contributed by atoms with Gasteiger partial charge in [-0.15, -0.1) is 0 Å². The van der Waals surface area contributed by atoms with Gasteiger partial charge in [-0.2, -0.15) is 0 Å². The van der Waals surface area contributed by atoms with Crippen LogP contribution in [0.4, 0.5) is 0 Å². The maximum absolute atomic E-state index is 5.39. The summed E-state index contributed by atoms with van der Waals surface area (Å²) in [7, 11) is 1.71. The van der Waals surface area contributed by atoms with Crippen LogP contribution in [0.1, 0.15) is 19.8 Å². The Hall–Kier alpha value is -0.160. The van der Waals surface area contributed by atoms with Gasteiger partial charge in [-0.3, -0.25) is 0 Å². The van der Waals surface area contributed by atoms with Crippen molar-refractivity contribution >= 4 is 0 Å². The second-order valence-electron chi connectivity index (χ2n) is 3.26. The Morgan fingerprint density at radius 1 is 0.867 bits per heavy atom. The summed E-state index contributed by atoms with van der Waals surface area (Å²) in [5.41, 5.74) is 0. The fourth-order valence-electron chi connectivity index (χ4n) is 1.12. The van der Waals surface area contributed by atoms with Crippen LogP contribution in [0.5, 0.6) is 0 Å². The molecular weight excluding hydrogens is 194 g/mol. The minimum Gasteiger partial charge on any atom is -0.385 e. The molecule has 92 valence electrons. The minimum absolute atomic E-state index is 0.776. The molecule has 0 bridgehead atoms. The molecule has 1 N–H and O–H groups in total. The number of ether oxygens (including phenoxy) is 3. The molecule has 4 nitrogen and oxygen atoms in total. The van der Waals surface area contributed by atoms with E-state index in [2.05, 4.69) is 5.32 Å². The lowest BCUT2D eigenvalue weighted by Gasteiger charge is -2.06. The van der Waals surface area contributed by atoms with Crippen LogP contribution in [0, 0.1) is 0 Å². The van der Waals surface area contributed by atoms with Gasteiger partial charge in [0.15, 0.2) is 0 Å². The van der Waals surface area contributed by atoms with E-state index in [0.29, 0.717) is 0 Å². The summed E-state index contributed by atoms with van der Waals surface area (Å²) in [6.45, 7) is 7.93. The number of hydrogen-bond donors (Lipinski definition) is 1. The molecule has 0 fully saturated rings. The first-order valence-electron chi connectivity index (χ1n) is 5.77. The molecule has 0 rings (SSSR count). The third-order valence-corrected chi connectivity index (χ3v) is 1.91. The summed E-state index contributed by atoms with van der Waals surface area (Å²) in [5, 5.41) is 3.30. The lowest BCUT2D eigenvalue weighted by Crippen LogP contribution is -2.22. The molecule has 0 aromatic heterocycles. The fraction of sp³-hybridized carbons (Fsp3) is 1.00. The van der Waals surface area contributed by atoms with Gasteiger partial charge in [-0.1, -0.05) is 0 Å². The van der Waals surface area contributed by atoms with Crippen molar-refractivity contribution in [2.45, 2.75) is 19.8 Å². The van der Waals surface area contributed by atoms with Gasteiger partial charge in [0.1, 0.15) is 0 Å². The van der Waals surface area contributed by atoms with Gasteiger partial charge in [-0.25, -0.2) is 0 Å². The van der Waals surface area contributed by atoms with Crippen LogP contribution in [0.25, 0.3) is 0 Å². The highest BCUT2D eigenvalue weighted by Crippen LogP contribution is 1.83. The quantitative estimate of drug-likeness (QED) is 0.498. The third kappa shape index (κ3) is 13.8. The largest absolute Gasteiger partial charge is 0.385 e. The lowest BCUT2D eigenvalue weighted by molar-refractivity contribution is 0.103. The minimum atomic E-state index is 0.776. The summed E-state index contributed by atoms with van der Waals surface area (Å²) in [6, 6.07) is 0. The molecule has 0 aliphatic heterocycles. The van der Waals surface area contributed by atoms with E-state index >= 15 is 0 Å². The van der Waals surface area contributed by atoms with Crippen LogP contribution in [0.15, 0.2) is 0 Å². The van der Waals surface area contributed by atoms with Gasteiger partial charge in [0.25, 0.3) is 0 Å². The summed E-state index contributed by atoms with van der Waals surface area (Å²) in [6.07, 6.45) is 2.04. The van der Waals surface area contributed by atoms with Crippen molar-refractivity contribution in [3.8, 4) is 0 Å². The zero-order chi connectivity index (χ0) is 11.2. The number of hydrogen-bond acceptors (Lipinski definition) is 4. The Balaban J connectivity index is 2.81. The standard InChI is InChI=1S/C11H25NO3/c1-3-14-9-4-6-12-7-11-15-10-5-8-13-2/h12H,3-11H2,1-2H3. The average Bonchev–Trinajstić information content (AvgIpc) is 2.26. The predicted molar refractivity (Wildman–Crippen MR) is 61.3 cm³/mol. The molecule has 0 aromatic carbocycles. The van der Waals surface area contributed by atoms with E-state index < -0.39 is 0 Å². The van der Waals surface area contributed by atoms with Crippen molar-refractivity contribution in [3.63, 3.8) is 0 Å². The van der Waals surface area contributed by atoms with E-state index in [9.17, 15) is 0 Å². The van der Waals surface area contributed by atoms with E-state index in [-0.39, 0.29) is 0 Å². The van der Waals surface area contributed by atoms with Crippen molar-refractivity contribution in [2.75, 3.05) is 53.2 Å². The first-order chi connectivity index (χ1) is 7.41. The number of rotatable bonds is 12. The van der Waals surface area contributed by atoms with Crippen molar-refractivity contribution < 1.29 is 14.2 Å². The molecule has 0 amide bonds. The van der Waals surface area contributed by atoms with Crippen LogP contribution in [-0.2, 0) is 14.2 Å². The molecule has 0 aliphatic rings. The molecule has 0 saturated heterocycles. The topological polar surface area (TPSA) is 39.7 Å². The molecule has 4 heteroatoms. The Labute approximate surface area is 93.3 Å². The van der Waals surface area contributed by atoms with Gasteiger partial charge in [-0.05, 0) is 26.3 Å². The van der Waals surface area contributed by atoms with Crippen molar-refractivity contribution in [1.29, 1.82) is 0 Å². The van der Waals surface area contributed by atoms with Crippen LogP contribution < -0.4 is 5.32 Å². The SMILES string of the molecule is CCOCCCNCCOCCCOC. The molecule has 0 atom stereocenters. The zero-order valence-corrected chi connectivity index (χ0v) is 10.1. The monoisotopic (exact) mass is 219 g/mol. The molecule has 0 saturated carbocycles. The molecule has 0 heterocycles. The second kappa shape index (κ2) is 13.8. The lowest BCUT2D eigenvalue weighted by atomic mass is 10.4. The van der Waals surface area contributed by atoms with E-state index in [1.54, 1.807) is 7.11 Å². The van der Waals surface area contributed by atoms with Gasteiger partial charge >= 0.3 is 0 Å². The van der Waals surface area contributed by atoms with Gasteiger partial charge < -0.3 is 19.5 Å². The van der Waals surface area contributed by atoms with Gasteiger partial charge in [0.05, 0.1) is 6.61 Å². The number of methoxy groups -OCH3 is 1. The molecule has 0 unspecified atom stereocenters.